The zero-order valence-corrected chi connectivity index (χ0v) is 67.7. The number of benzene rings is 18. The van der Waals surface area contributed by atoms with Crippen molar-refractivity contribution in [3.05, 3.63) is 385 Å². The Morgan fingerprint density at radius 1 is 0.168 bits per heavy atom. The van der Waals surface area contributed by atoms with Crippen molar-refractivity contribution < 1.29 is 0 Å². The number of hydrogen-bond acceptors (Lipinski definition) is 0. The lowest BCUT2D eigenvalue weighted by Crippen LogP contribution is -2.55. The Morgan fingerprint density at radius 3 is 0.832 bits per heavy atom. The van der Waals surface area contributed by atoms with Gasteiger partial charge in [-0.05, 0) is 339 Å². The molecule has 18 aromatic rings. The molecule has 0 unspecified atom stereocenters. The van der Waals surface area contributed by atoms with Gasteiger partial charge in [0.2, 0.25) is 0 Å². The molecule has 8 saturated carbocycles. The van der Waals surface area contributed by atoms with E-state index >= 15 is 0 Å². The number of hydrogen-bond donors (Lipinski definition) is 0. The molecule has 0 aromatic heterocycles. The summed E-state index contributed by atoms with van der Waals surface area (Å²) in [4.78, 5) is 0. The summed E-state index contributed by atoms with van der Waals surface area (Å²) in [6.45, 7) is 4.77. The van der Waals surface area contributed by atoms with Crippen molar-refractivity contribution in [1.29, 1.82) is 0 Å². The summed E-state index contributed by atoms with van der Waals surface area (Å²) < 4.78 is 0. The summed E-state index contributed by atoms with van der Waals surface area (Å²) in [6.07, 6.45) is 14.2. The molecule has 8 fully saturated rings. The average Bonchev–Trinajstić information content (AvgIpc) is 1.54. The molecule has 0 heteroatoms. The van der Waals surface area contributed by atoms with Crippen molar-refractivity contribution in [2.75, 3.05) is 0 Å². The van der Waals surface area contributed by atoms with Crippen molar-refractivity contribution in [1.82, 2.24) is 0 Å². The van der Waals surface area contributed by atoms with Gasteiger partial charge in [0.05, 0.1) is 0 Å². The molecular formula is C119H92. The van der Waals surface area contributed by atoms with Crippen LogP contribution in [0.5, 0.6) is 0 Å². The van der Waals surface area contributed by atoms with Gasteiger partial charge in [0, 0.05) is 16.2 Å². The molecule has 29 rings (SSSR count). The third kappa shape index (κ3) is 9.64. The minimum absolute atomic E-state index is 0.0623. The summed E-state index contributed by atoms with van der Waals surface area (Å²) in [5.41, 5.74) is 36.6. The van der Waals surface area contributed by atoms with Crippen LogP contribution >= 0.6 is 0 Å². The second-order valence-electron chi connectivity index (χ2n) is 37.9. The van der Waals surface area contributed by atoms with Crippen molar-refractivity contribution in [3.8, 4) is 111 Å². The molecular weight excluding hydrogens is 1430 g/mol. The molecule has 0 saturated heterocycles. The van der Waals surface area contributed by atoms with E-state index in [9.17, 15) is 0 Å². The Hall–Kier alpha value is -12.5. The van der Waals surface area contributed by atoms with E-state index in [0.717, 1.165) is 47.3 Å². The number of rotatable bonds is 7. The third-order valence-electron chi connectivity index (χ3n) is 32.1. The minimum atomic E-state index is -0.0623. The molecule has 8 bridgehead atoms. The fourth-order valence-corrected chi connectivity index (χ4v) is 28.0. The van der Waals surface area contributed by atoms with Crippen molar-refractivity contribution in [3.63, 3.8) is 0 Å². The molecule has 18 aromatic carbocycles. The van der Waals surface area contributed by atoms with Gasteiger partial charge >= 0.3 is 0 Å². The van der Waals surface area contributed by atoms with E-state index in [2.05, 4.69) is 366 Å². The zero-order valence-electron chi connectivity index (χ0n) is 67.7. The standard InChI is InChI=1S/C61H48.C58H44/c1-60(2)54-21-11-9-15-45(54)47-26-24-39(35-56(47)60)58-49-17-5-7-19-51(49)59(52-20-8-6-18-50(52)58)53-28-27-42(43-13-3-4-14-44(43)53)38-23-25-48-46-16-10-12-22-55(46)61(57(48)34-38)40-30-36-29-37(32-40)33-41(61)31-36;1-2-14-38(15-3-1)42-16-4-7-20-48(42)56-49-21-8-10-23-51(49)57(52-24-11-9-22-50(52)56)53-29-28-43(44-17-5-6-18-45(44)53)39-26-27-47-46-19-12-13-25-54(46)58(55(47)35-39)40-31-36-30-37(33-40)34-41(58)32-36/h3-28,34-37,40-41H,29-33H2,1-2H3;1-29,35-37,40-41H,30-34H2. The van der Waals surface area contributed by atoms with Crippen LogP contribution in [0.15, 0.2) is 352 Å². The van der Waals surface area contributed by atoms with Crippen LogP contribution in [-0.4, -0.2) is 0 Å². The molecule has 0 heterocycles. The molecule has 0 aliphatic heterocycles. The topological polar surface area (TPSA) is 0 Å². The first-order valence-electron chi connectivity index (χ1n) is 44.5. The molecule has 2 spiro atoms. The minimum Gasteiger partial charge on any atom is -0.0622 e. The van der Waals surface area contributed by atoms with E-state index in [1.165, 1.54) is 251 Å². The lowest BCUT2D eigenvalue weighted by Gasteiger charge is -2.61. The second-order valence-corrected chi connectivity index (χ2v) is 37.9. The summed E-state index contributed by atoms with van der Waals surface area (Å²) >= 11 is 0. The zero-order chi connectivity index (χ0) is 78.1. The van der Waals surface area contributed by atoms with Gasteiger partial charge < -0.3 is 0 Å². The van der Waals surface area contributed by atoms with E-state index in [-0.39, 0.29) is 16.2 Å². The molecule has 0 N–H and O–H groups in total. The van der Waals surface area contributed by atoms with E-state index in [4.69, 9.17) is 0 Å². The maximum absolute atomic E-state index is 2.66. The van der Waals surface area contributed by atoms with E-state index in [1.807, 2.05) is 0 Å². The number of fused-ring (bicyclic) bond motifs is 15. The van der Waals surface area contributed by atoms with Gasteiger partial charge in [0.25, 0.3) is 0 Å². The molecule has 0 atom stereocenters. The van der Waals surface area contributed by atoms with Crippen molar-refractivity contribution in [2.24, 2.45) is 47.3 Å². The van der Waals surface area contributed by atoms with Crippen molar-refractivity contribution in [2.45, 2.75) is 94.3 Å². The Bertz CT molecular complexity index is 7190. The van der Waals surface area contributed by atoms with Crippen LogP contribution < -0.4 is 0 Å². The summed E-state index contributed by atoms with van der Waals surface area (Å²) in [7, 11) is 0. The highest BCUT2D eigenvalue weighted by atomic mass is 14.7. The van der Waals surface area contributed by atoms with E-state index in [0.29, 0.717) is 0 Å². The van der Waals surface area contributed by atoms with Crippen LogP contribution in [0.2, 0.25) is 0 Å². The highest BCUT2D eigenvalue weighted by molar-refractivity contribution is 6.27. The van der Waals surface area contributed by atoms with Crippen LogP contribution in [0.25, 0.3) is 176 Å². The van der Waals surface area contributed by atoms with Crippen LogP contribution in [0.4, 0.5) is 0 Å². The van der Waals surface area contributed by atoms with Crippen LogP contribution in [0.1, 0.15) is 111 Å². The van der Waals surface area contributed by atoms with Gasteiger partial charge in [-0.2, -0.15) is 0 Å². The maximum Gasteiger partial charge on any atom is 0.0272 e. The predicted molar refractivity (Wildman–Crippen MR) is 500 cm³/mol. The maximum atomic E-state index is 2.66. The van der Waals surface area contributed by atoms with Gasteiger partial charge in [0.1, 0.15) is 0 Å². The highest BCUT2D eigenvalue weighted by Crippen LogP contribution is 2.72. The highest BCUT2D eigenvalue weighted by Gasteiger charge is 2.63. The monoisotopic (exact) mass is 1520 g/mol. The summed E-state index contributed by atoms with van der Waals surface area (Å²) in [5, 5.41) is 15.6. The first kappa shape index (κ1) is 68.6. The van der Waals surface area contributed by atoms with Gasteiger partial charge in [0.15, 0.2) is 0 Å². The first-order chi connectivity index (χ1) is 58.7. The molecule has 568 valence electrons. The Balaban J connectivity index is 0.000000129. The van der Waals surface area contributed by atoms with Gasteiger partial charge in [-0.3, -0.25) is 0 Å². The molecule has 0 radical (unpaired) electrons. The van der Waals surface area contributed by atoms with Gasteiger partial charge in [-0.25, -0.2) is 0 Å². The molecule has 0 amide bonds. The van der Waals surface area contributed by atoms with Crippen LogP contribution in [0, 0.1) is 47.3 Å². The Morgan fingerprint density at radius 2 is 0.429 bits per heavy atom. The lowest BCUT2D eigenvalue weighted by atomic mass is 9.43. The molecule has 11 aliphatic carbocycles. The average molecular weight is 1520 g/mol. The predicted octanol–water partition coefficient (Wildman–Crippen LogP) is 31.7. The summed E-state index contributed by atoms with van der Waals surface area (Å²) in [5.74, 6) is 6.75. The molecule has 11 aliphatic rings. The van der Waals surface area contributed by atoms with Crippen LogP contribution in [-0.2, 0) is 16.2 Å². The normalized spacial score (nSPS) is 23.0. The SMILES string of the molecule is CC1(C)c2ccccc2-c2ccc(-c3c4ccccc4c(-c4ccc(-c5ccc6c(c5)C5(c7ccccc7-6)C6CC7CC(C6)CC5C7)c5ccccc45)c4ccccc34)cc21.c1ccc(-c2ccccc2-c2c3ccccc3c(-c3ccc(-c4ccc5c(c4)C4(c6ccccc6-5)C5CC6CC(C5)CC4C6)c4ccccc34)c3ccccc23)cc1. The fourth-order valence-electron chi connectivity index (χ4n) is 28.0. The lowest BCUT2D eigenvalue weighted by molar-refractivity contribution is -0.0399. The van der Waals surface area contributed by atoms with Gasteiger partial charge in [-0.1, -0.05) is 347 Å². The van der Waals surface area contributed by atoms with Crippen molar-refractivity contribution >= 4 is 64.6 Å². The Kier molecular flexibility index (Phi) is 14.8. The molecule has 0 nitrogen and oxygen atoms in total. The second kappa shape index (κ2) is 25.8. The van der Waals surface area contributed by atoms with Gasteiger partial charge in [-0.15, -0.1) is 0 Å². The smallest absolute Gasteiger partial charge is 0.0272 e. The fraction of sp³-hybridized carbons (Fsp3) is 0.193. The Labute approximate surface area is 697 Å². The van der Waals surface area contributed by atoms with Crippen LogP contribution in [0.3, 0.4) is 0 Å². The third-order valence-corrected chi connectivity index (χ3v) is 32.1. The van der Waals surface area contributed by atoms with E-state index in [1.54, 1.807) is 22.3 Å². The van der Waals surface area contributed by atoms with E-state index < -0.39 is 0 Å². The molecule has 119 heavy (non-hydrogen) atoms. The first-order valence-corrected chi connectivity index (χ1v) is 44.5. The quantitative estimate of drug-likeness (QED) is 0.140. The largest absolute Gasteiger partial charge is 0.0622 e. The summed E-state index contributed by atoms with van der Waals surface area (Å²) in [6, 6.07) is 135.